The van der Waals surface area contributed by atoms with E-state index in [1.165, 1.54) is 17.2 Å². The third-order valence-electron chi connectivity index (χ3n) is 8.37. The van der Waals surface area contributed by atoms with Crippen LogP contribution in [0, 0.1) is 5.92 Å². The quantitative estimate of drug-likeness (QED) is 0.364. The summed E-state index contributed by atoms with van der Waals surface area (Å²) in [7, 11) is 0. The van der Waals surface area contributed by atoms with Crippen LogP contribution in [0.15, 0.2) is 72.8 Å². The monoisotopic (exact) mass is 519 g/mol. The van der Waals surface area contributed by atoms with E-state index in [4.69, 9.17) is 4.74 Å². The number of nitrogens with zero attached hydrogens (tertiary/aromatic N) is 1. The summed E-state index contributed by atoms with van der Waals surface area (Å²) in [5.41, 5.74) is 4.28. The lowest BCUT2D eigenvalue weighted by Gasteiger charge is -2.37. The zero-order chi connectivity index (χ0) is 26.4. The standard InChI is InChI=1S/C31H28F3NO3/c32-31(33,34)21-7-5-6-19(14-21)15-29(36)20-16-22-12-13-23(17-20)35(22)30(37)38-18-28-26-10-3-1-8-24(26)25-9-2-4-11-27(25)28/h1-11,14,20,22-23,28H,12-13,15-18H2. The van der Waals surface area contributed by atoms with Crippen molar-refractivity contribution in [2.45, 2.75) is 56.3 Å². The number of carbonyl (C=O) groups excluding carboxylic acids is 2. The van der Waals surface area contributed by atoms with Crippen LogP contribution in [0.4, 0.5) is 18.0 Å². The van der Waals surface area contributed by atoms with E-state index >= 15 is 0 Å². The smallest absolute Gasteiger partial charge is 0.416 e. The molecule has 2 fully saturated rings. The summed E-state index contributed by atoms with van der Waals surface area (Å²) < 4.78 is 45.1. The van der Waals surface area contributed by atoms with Crippen molar-refractivity contribution in [2.24, 2.45) is 5.92 Å². The summed E-state index contributed by atoms with van der Waals surface area (Å²) in [6.45, 7) is 0.251. The number of rotatable bonds is 5. The van der Waals surface area contributed by atoms with Gasteiger partial charge in [0.25, 0.3) is 0 Å². The highest BCUT2D eigenvalue weighted by molar-refractivity contribution is 5.84. The lowest BCUT2D eigenvalue weighted by Crippen LogP contribution is -2.48. The van der Waals surface area contributed by atoms with E-state index in [0.717, 1.165) is 36.1 Å². The molecule has 0 aromatic heterocycles. The van der Waals surface area contributed by atoms with Gasteiger partial charge in [0.2, 0.25) is 0 Å². The molecule has 2 saturated heterocycles. The number of benzene rings is 3. The van der Waals surface area contributed by atoms with Crippen molar-refractivity contribution in [3.63, 3.8) is 0 Å². The van der Waals surface area contributed by atoms with Crippen molar-refractivity contribution in [1.82, 2.24) is 4.90 Å². The second-order valence-corrected chi connectivity index (χ2v) is 10.6. The largest absolute Gasteiger partial charge is 0.448 e. The molecule has 3 aromatic rings. The van der Waals surface area contributed by atoms with E-state index in [2.05, 4.69) is 24.3 Å². The lowest BCUT2D eigenvalue weighted by molar-refractivity contribution is -0.137. The molecular weight excluding hydrogens is 491 g/mol. The number of hydrogen-bond acceptors (Lipinski definition) is 3. The Kier molecular flexibility index (Phi) is 6.25. The van der Waals surface area contributed by atoms with Gasteiger partial charge in [-0.05, 0) is 59.6 Å². The Morgan fingerprint density at radius 3 is 2.05 bits per heavy atom. The first kappa shape index (κ1) is 24.7. The highest BCUT2D eigenvalue weighted by Gasteiger charge is 2.46. The topological polar surface area (TPSA) is 46.6 Å². The fraction of sp³-hybridized carbons (Fsp3) is 0.355. The number of hydrogen-bond donors (Lipinski definition) is 0. The number of carbonyl (C=O) groups is 2. The molecule has 2 unspecified atom stereocenters. The van der Waals surface area contributed by atoms with E-state index in [0.29, 0.717) is 18.4 Å². The number of fused-ring (bicyclic) bond motifs is 5. The molecule has 1 amide bonds. The van der Waals surface area contributed by atoms with Crippen LogP contribution >= 0.6 is 0 Å². The maximum Gasteiger partial charge on any atom is 0.416 e. The molecule has 0 radical (unpaired) electrons. The molecule has 38 heavy (non-hydrogen) atoms. The SMILES string of the molecule is O=C(Cc1cccc(C(F)(F)F)c1)C1CC2CCC(C1)N2C(=O)OCC1c2ccccc2-c2ccccc21. The molecule has 7 heteroatoms. The minimum Gasteiger partial charge on any atom is -0.448 e. The van der Waals surface area contributed by atoms with Crippen LogP contribution in [0.1, 0.15) is 53.9 Å². The van der Waals surface area contributed by atoms with Crippen LogP contribution in [0.5, 0.6) is 0 Å². The summed E-state index contributed by atoms with van der Waals surface area (Å²) in [5, 5.41) is 0. The van der Waals surface area contributed by atoms with Gasteiger partial charge in [0, 0.05) is 30.3 Å². The Bertz CT molecular complexity index is 1330. The maximum atomic E-state index is 13.3. The normalized spacial score (nSPS) is 22.2. The van der Waals surface area contributed by atoms with Gasteiger partial charge in [-0.1, -0.05) is 66.7 Å². The molecule has 0 N–H and O–H groups in total. The summed E-state index contributed by atoms with van der Waals surface area (Å²) in [6.07, 6.45) is -2.14. The Morgan fingerprint density at radius 2 is 1.45 bits per heavy atom. The highest BCUT2D eigenvalue weighted by Crippen LogP contribution is 2.45. The van der Waals surface area contributed by atoms with Crippen LogP contribution in [0.2, 0.25) is 0 Å². The Labute approximate surface area is 219 Å². The number of halogens is 3. The Hall–Kier alpha value is -3.61. The fourth-order valence-corrected chi connectivity index (χ4v) is 6.61. The minimum absolute atomic E-state index is 0.0180. The predicted octanol–water partition coefficient (Wildman–Crippen LogP) is 7.01. The van der Waals surface area contributed by atoms with Gasteiger partial charge in [-0.25, -0.2) is 4.79 Å². The van der Waals surface area contributed by atoms with Crippen molar-refractivity contribution < 1.29 is 27.5 Å². The van der Waals surface area contributed by atoms with Gasteiger partial charge in [-0.3, -0.25) is 4.79 Å². The van der Waals surface area contributed by atoms with E-state index in [-0.39, 0.29) is 48.8 Å². The molecule has 3 aliphatic rings. The number of Topliss-reactive ketones (excluding diaryl/α,β-unsaturated/α-hetero) is 1. The number of amides is 1. The van der Waals surface area contributed by atoms with Gasteiger partial charge >= 0.3 is 12.3 Å². The molecule has 2 aliphatic heterocycles. The summed E-state index contributed by atoms with van der Waals surface area (Å²) in [4.78, 5) is 28.1. The van der Waals surface area contributed by atoms with Crippen molar-refractivity contribution in [1.29, 1.82) is 0 Å². The fourth-order valence-electron chi connectivity index (χ4n) is 6.61. The van der Waals surface area contributed by atoms with Crippen molar-refractivity contribution in [3.8, 4) is 11.1 Å². The average Bonchev–Trinajstić information content (AvgIpc) is 3.37. The Morgan fingerprint density at radius 1 is 0.842 bits per heavy atom. The first-order valence-electron chi connectivity index (χ1n) is 13.1. The van der Waals surface area contributed by atoms with Crippen LogP contribution < -0.4 is 0 Å². The third-order valence-corrected chi connectivity index (χ3v) is 8.37. The molecule has 2 atom stereocenters. The van der Waals surface area contributed by atoms with Gasteiger partial charge in [-0.15, -0.1) is 0 Å². The maximum absolute atomic E-state index is 13.3. The van der Waals surface area contributed by atoms with Crippen LogP contribution in [0.3, 0.4) is 0 Å². The summed E-state index contributed by atoms with van der Waals surface area (Å²) in [6, 6.07) is 21.2. The molecule has 3 aromatic carbocycles. The first-order valence-corrected chi connectivity index (χ1v) is 13.1. The van der Waals surface area contributed by atoms with Gasteiger partial charge < -0.3 is 9.64 Å². The first-order chi connectivity index (χ1) is 18.3. The van der Waals surface area contributed by atoms with E-state index < -0.39 is 11.7 Å². The van der Waals surface area contributed by atoms with Crippen molar-refractivity contribution in [3.05, 3.63) is 95.1 Å². The van der Waals surface area contributed by atoms with Crippen LogP contribution in [0.25, 0.3) is 11.1 Å². The van der Waals surface area contributed by atoms with Gasteiger partial charge in [0.15, 0.2) is 0 Å². The number of alkyl halides is 3. The molecule has 1 aliphatic carbocycles. The average molecular weight is 520 g/mol. The van der Waals surface area contributed by atoms with E-state index in [9.17, 15) is 22.8 Å². The molecule has 0 saturated carbocycles. The van der Waals surface area contributed by atoms with Gasteiger partial charge in [0.1, 0.15) is 12.4 Å². The van der Waals surface area contributed by atoms with Crippen molar-refractivity contribution >= 4 is 11.9 Å². The third kappa shape index (κ3) is 4.48. The number of ketones is 1. The molecule has 4 nitrogen and oxygen atoms in total. The molecule has 6 rings (SSSR count). The molecule has 2 bridgehead atoms. The van der Waals surface area contributed by atoms with Crippen LogP contribution in [-0.4, -0.2) is 35.5 Å². The molecule has 0 spiro atoms. The van der Waals surface area contributed by atoms with E-state index in [1.54, 1.807) is 11.0 Å². The zero-order valence-corrected chi connectivity index (χ0v) is 20.8. The second kappa shape index (κ2) is 9.61. The molecular formula is C31H28F3NO3. The Balaban J connectivity index is 1.10. The van der Waals surface area contributed by atoms with Gasteiger partial charge in [-0.2, -0.15) is 13.2 Å². The summed E-state index contributed by atoms with van der Waals surface area (Å²) >= 11 is 0. The molecule has 196 valence electrons. The lowest BCUT2D eigenvalue weighted by atomic mass is 9.85. The number of piperidine rings is 1. The predicted molar refractivity (Wildman–Crippen MR) is 137 cm³/mol. The number of ether oxygens (including phenoxy) is 1. The summed E-state index contributed by atoms with van der Waals surface area (Å²) in [5.74, 6) is -0.344. The highest BCUT2D eigenvalue weighted by atomic mass is 19.4. The van der Waals surface area contributed by atoms with E-state index in [1.807, 2.05) is 24.3 Å². The van der Waals surface area contributed by atoms with Crippen molar-refractivity contribution in [2.75, 3.05) is 6.61 Å². The second-order valence-electron chi connectivity index (χ2n) is 10.6. The van der Waals surface area contributed by atoms with Crippen LogP contribution in [-0.2, 0) is 22.1 Å². The zero-order valence-electron chi connectivity index (χ0n) is 20.8. The van der Waals surface area contributed by atoms with Gasteiger partial charge in [0.05, 0.1) is 5.56 Å². The molecule has 2 heterocycles. The minimum atomic E-state index is -4.44.